The summed E-state index contributed by atoms with van der Waals surface area (Å²) < 4.78 is 46.6. The Labute approximate surface area is 238 Å². The van der Waals surface area contributed by atoms with Crippen LogP contribution >= 0.6 is 11.8 Å². The molecule has 1 aliphatic rings. The van der Waals surface area contributed by atoms with Crippen LogP contribution in [0.15, 0.2) is 52.5 Å². The molecule has 0 fully saturated rings. The Morgan fingerprint density at radius 1 is 1.22 bits per heavy atom. The van der Waals surface area contributed by atoms with Crippen LogP contribution < -0.4 is 20.9 Å². The molecule has 2 aromatic carbocycles. The number of carbonyl (C=O) groups excluding carboxylic acids is 1. The quantitative estimate of drug-likeness (QED) is 0.113. The predicted molar refractivity (Wildman–Crippen MR) is 149 cm³/mol. The number of likely N-dealkylation sites (N-methyl/N-ethyl adjacent to an activating group) is 1. The highest BCUT2D eigenvalue weighted by Gasteiger charge is 2.26. The van der Waals surface area contributed by atoms with Crippen LogP contribution in [-0.2, 0) is 9.53 Å². The van der Waals surface area contributed by atoms with Gasteiger partial charge in [-0.15, -0.1) is 11.8 Å². The number of nitrogens with zero attached hydrogens (tertiary/aromatic N) is 3. The van der Waals surface area contributed by atoms with Crippen LogP contribution in [0.4, 0.5) is 8.78 Å². The number of halogens is 2. The summed E-state index contributed by atoms with van der Waals surface area (Å²) in [5, 5.41) is 17.0. The van der Waals surface area contributed by atoms with Gasteiger partial charge in [-0.05, 0) is 43.3 Å². The van der Waals surface area contributed by atoms with Gasteiger partial charge in [0.05, 0.1) is 24.9 Å². The number of ether oxygens (including phenoxy) is 3. The Kier molecular flexibility index (Phi) is 9.24. The average Bonchev–Trinajstić information content (AvgIpc) is 3.38. The largest absolute Gasteiger partial charge is 0.504 e. The number of pyridine rings is 1. The molecule has 4 rings (SSSR count). The molecule has 11 nitrogen and oxygen atoms in total. The van der Waals surface area contributed by atoms with E-state index in [0.29, 0.717) is 35.6 Å². The van der Waals surface area contributed by atoms with Crippen molar-refractivity contribution >= 4 is 29.4 Å². The molecule has 0 bridgehead atoms. The van der Waals surface area contributed by atoms with Crippen molar-refractivity contribution in [1.82, 2.24) is 9.88 Å². The summed E-state index contributed by atoms with van der Waals surface area (Å²) in [5.41, 5.74) is 11.9. The summed E-state index contributed by atoms with van der Waals surface area (Å²) in [6, 6.07) is 8.64. The second kappa shape index (κ2) is 12.8. The molecule has 216 valence electrons. The molecule has 1 aromatic heterocycles. The molecule has 0 spiro atoms. The number of carbonyl (C=O) groups is 1. The van der Waals surface area contributed by atoms with E-state index in [2.05, 4.69) is 9.98 Å². The van der Waals surface area contributed by atoms with Crippen molar-refractivity contribution in [2.45, 2.75) is 17.1 Å². The molecule has 0 aliphatic carbocycles. The smallest absolute Gasteiger partial charge is 0.320 e. The molecule has 1 atom stereocenters. The number of phenols is 1. The van der Waals surface area contributed by atoms with E-state index >= 15 is 4.39 Å². The number of amidine groups is 2. The first-order valence-electron chi connectivity index (χ1n) is 12.4. The Morgan fingerprint density at radius 3 is 2.66 bits per heavy atom. The van der Waals surface area contributed by atoms with Crippen LogP contribution in [-0.4, -0.2) is 71.2 Å². The van der Waals surface area contributed by atoms with Crippen LogP contribution in [0, 0.1) is 17.0 Å². The van der Waals surface area contributed by atoms with Crippen LogP contribution in [0.5, 0.6) is 28.9 Å². The lowest BCUT2D eigenvalue weighted by Crippen LogP contribution is -2.28. The van der Waals surface area contributed by atoms with Gasteiger partial charge in [-0.1, -0.05) is 0 Å². The maximum Gasteiger partial charge on any atom is 0.320 e. The molecule has 0 amide bonds. The van der Waals surface area contributed by atoms with Gasteiger partial charge < -0.3 is 35.7 Å². The van der Waals surface area contributed by atoms with E-state index < -0.39 is 34.5 Å². The van der Waals surface area contributed by atoms with Gasteiger partial charge in [0.2, 0.25) is 11.6 Å². The summed E-state index contributed by atoms with van der Waals surface area (Å²) >= 11 is 1.19. The number of phenolic OH excluding ortho intramolecular Hbond substituents is 1. The van der Waals surface area contributed by atoms with Crippen molar-refractivity contribution in [2.75, 3.05) is 33.3 Å². The lowest BCUT2D eigenvalue weighted by molar-refractivity contribution is -0.142. The van der Waals surface area contributed by atoms with Gasteiger partial charge in [-0.25, -0.2) is 9.37 Å². The Morgan fingerprint density at radius 2 is 2.00 bits per heavy atom. The fourth-order valence-corrected chi connectivity index (χ4v) is 4.76. The topological polar surface area (TPSA) is 169 Å². The number of esters is 1. The van der Waals surface area contributed by atoms with Gasteiger partial charge in [0.15, 0.2) is 17.3 Å². The number of nitrogens with one attached hydrogen (secondary N) is 1. The number of thioether (sulfide) groups is 1. The number of hydrogen-bond acceptors (Lipinski definition) is 11. The highest BCUT2D eigenvalue weighted by Crippen LogP contribution is 2.39. The summed E-state index contributed by atoms with van der Waals surface area (Å²) in [6.07, 6.45) is 0.716. The molecule has 41 heavy (non-hydrogen) atoms. The zero-order chi connectivity index (χ0) is 29.7. The molecule has 0 saturated heterocycles. The third kappa shape index (κ3) is 6.66. The van der Waals surface area contributed by atoms with Crippen LogP contribution in [0.2, 0.25) is 0 Å². The van der Waals surface area contributed by atoms with Gasteiger partial charge in [0, 0.05) is 30.6 Å². The predicted octanol–water partition coefficient (Wildman–Crippen LogP) is 3.61. The van der Waals surface area contributed by atoms with E-state index in [0.717, 1.165) is 0 Å². The normalized spacial score (nSPS) is 13.5. The van der Waals surface area contributed by atoms with Gasteiger partial charge in [0.1, 0.15) is 22.7 Å². The minimum atomic E-state index is -1.27. The van der Waals surface area contributed by atoms with E-state index in [1.54, 1.807) is 19.1 Å². The minimum Gasteiger partial charge on any atom is -0.504 e. The van der Waals surface area contributed by atoms with Crippen LogP contribution in [0.3, 0.4) is 0 Å². The monoisotopic (exact) mass is 586 g/mol. The Hall–Kier alpha value is -4.43. The maximum absolute atomic E-state index is 15.5. The average molecular weight is 587 g/mol. The van der Waals surface area contributed by atoms with E-state index in [1.807, 2.05) is 11.9 Å². The highest BCUT2D eigenvalue weighted by molar-refractivity contribution is 8.00. The number of aromatic nitrogens is 1. The summed E-state index contributed by atoms with van der Waals surface area (Å²) in [7, 11) is 1.82. The number of aliphatic imine (C=N–C) groups is 1. The molecular weight excluding hydrogens is 558 g/mol. The lowest BCUT2D eigenvalue weighted by atomic mass is 10.1. The van der Waals surface area contributed by atoms with Crippen molar-refractivity contribution in [2.24, 2.45) is 16.5 Å². The van der Waals surface area contributed by atoms with Crippen LogP contribution in [0.25, 0.3) is 0 Å². The molecule has 2 heterocycles. The van der Waals surface area contributed by atoms with Gasteiger partial charge in [-0.2, -0.15) is 4.39 Å². The highest BCUT2D eigenvalue weighted by atomic mass is 32.2. The molecule has 1 aliphatic heterocycles. The number of benzene rings is 2. The summed E-state index contributed by atoms with van der Waals surface area (Å²) in [4.78, 5) is 22.9. The van der Waals surface area contributed by atoms with Crippen LogP contribution in [0.1, 0.15) is 18.1 Å². The van der Waals surface area contributed by atoms with Crippen molar-refractivity contribution in [1.29, 1.82) is 5.41 Å². The van der Waals surface area contributed by atoms with E-state index in [-0.39, 0.29) is 41.8 Å². The number of nitrogens with two attached hydrogens (primary N) is 2. The first-order valence-corrected chi connectivity index (χ1v) is 13.3. The number of aromatic hydroxyl groups is 1. The molecule has 0 radical (unpaired) electrons. The maximum atomic E-state index is 15.5. The van der Waals surface area contributed by atoms with Crippen molar-refractivity contribution in [3.05, 3.63) is 65.4 Å². The first kappa shape index (κ1) is 29.6. The second-order valence-corrected chi connectivity index (χ2v) is 10.0. The van der Waals surface area contributed by atoms with Crippen molar-refractivity contribution in [3.63, 3.8) is 0 Å². The minimum absolute atomic E-state index is 0.0407. The lowest BCUT2D eigenvalue weighted by Gasteiger charge is -2.20. The van der Waals surface area contributed by atoms with E-state index in [1.165, 1.54) is 36.0 Å². The Balaban J connectivity index is 1.69. The van der Waals surface area contributed by atoms with E-state index in [4.69, 9.17) is 31.1 Å². The SMILES string of the molecule is CCOC(=O)C(CN)Sc1ccc(Oc2c(F)cnc(Oc3cc(C(=N)N)ccc3O)c2F)c(C2=NCCN2C)c1. The molecule has 0 saturated carbocycles. The third-order valence-corrected chi connectivity index (χ3v) is 7.08. The van der Waals surface area contributed by atoms with Gasteiger partial charge in [0.25, 0.3) is 5.88 Å². The van der Waals surface area contributed by atoms with Gasteiger partial charge >= 0.3 is 5.97 Å². The second-order valence-electron chi connectivity index (χ2n) is 8.73. The zero-order valence-electron chi connectivity index (χ0n) is 22.2. The van der Waals surface area contributed by atoms with E-state index in [9.17, 15) is 14.3 Å². The standard InChI is InChI=1S/C27H28F2N6O5S/c1-3-38-27(37)21(12-30)41-15-5-7-19(16(11-15)25-33-8-9-35(25)2)39-23-17(28)13-34-26(22(23)29)40-20-10-14(24(31)32)4-6-18(20)36/h4-7,10-11,13,21,36H,3,8-9,12,30H2,1-2H3,(H3,31,32). The number of rotatable bonds is 11. The Bertz CT molecular complexity index is 1510. The third-order valence-electron chi connectivity index (χ3n) is 5.88. The summed E-state index contributed by atoms with van der Waals surface area (Å²) in [5.74, 6) is -4.62. The molecule has 1 unspecified atom stereocenters. The van der Waals surface area contributed by atoms with Crippen molar-refractivity contribution < 1.29 is 32.9 Å². The molecule has 14 heteroatoms. The zero-order valence-corrected chi connectivity index (χ0v) is 23.0. The molecular formula is C27H28F2N6O5S. The number of hydrogen-bond donors (Lipinski definition) is 4. The fourth-order valence-electron chi connectivity index (χ4n) is 3.84. The number of nitrogen functional groups attached to an aromatic ring is 1. The van der Waals surface area contributed by atoms with Gasteiger partial charge in [-0.3, -0.25) is 15.2 Å². The first-order chi connectivity index (χ1) is 19.6. The van der Waals surface area contributed by atoms with Crippen molar-refractivity contribution in [3.8, 4) is 28.9 Å². The fraction of sp³-hybridized carbons (Fsp3) is 0.259. The molecule has 3 aromatic rings. The summed E-state index contributed by atoms with van der Waals surface area (Å²) in [6.45, 7) is 3.09. The molecule has 6 N–H and O–H groups in total.